The lowest BCUT2D eigenvalue weighted by Gasteiger charge is -2.22. The zero-order valence-corrected chi connectivity index (χ0v) is 22.4. The van der Waals surface area contributed by atoms with Crippen LogP contribution < -0.4 is 10.1 Å². The molecule has 0 unspecified atom stereocenters. The van der Waals surface area contributed by atoms with Gasteiger partial charge in [-0.15, -0.1) is 0 Å². The molecule has 0 heterocycles. The summed E-state index contributed by atoms with van der Waals surface area (Å²) in [5, 5.41) is 11.8. The predicted molar refractivity (Wildman–Crippen MR) is 130 cm³/mol. The number of alkyl carbamates (subject to hydrolysis) is 1. The highest BCUT2D eigenvalue weighted by Gasteiger charge is 2.26. The van der Waals surface area contributed by atoms with Crippen LogP contribution >= 0.6 is 23.2 Å². The van der Waals surface area contributed by atoms with Gasteiger partial charge in [-0.1, -0.05) is 42.8 Å². The number of aliphatic carboxylic acids is 1. The van der Waals surface area contributed by atoms with Crippen molar-refractivity contribution in [3.05, 3.63) is 27.7 Å². The van der Waals surface area contributed by atoms with Gasteiger partial charge in [-0.3, -0.25) is 4.79 Å². The van der Waals surface area contributed by atoms with Crippen LogP contribution in [0.2, 0.25) is 35.7 Å². The van der Waals surface area contributed by atoms with Crippen LogP contribution in [0.4, 0.5) is 4.79 Å². The number of carbonyl (C=O) groups is 3. The Morgan fingerprint density at radius 1 is 1.15 bits per heavy atom. The Morgan fingerprint density at radius 3 is 2.33 bits per heavy atom. The van der Waals surface area contributed by atoms with Gasteiger partial charge in [0.2, 0.25) is 0 Å². The van der Waals surface area contributed by atoms with Crippen LogP contribution in [0.25, 0.3) is 0 Å². The molecule has 1 rings (SSSR count). The van der Waals surface area contributed by atoms with Crippen molar-refractivity contribution in [1.29, 1.82) is 0 Å². The highest BCUT2D eigenvalue weighted by molar-refractivity contribution is 6.76. The molecule has 0 spiro atoms. The Labute approximate surface area is 205 Å². The molecule has 0 aliphatic carbocycles. The van der Waals surface area contributed by atoms with Crippen LogP contribution in [0.3, 0.4) is 0 Å². The van der Waals surface area contributed by atoms with E-state index in [-0.39, 0.29) is 41.0 Å². The minimum Gasteiger partial charge on any atom is -0.480 e. The summed E-state index contributed by atoms with van der Waals surface area (Å²) in [7, 11) is -1.25. The van der Waals surface area contributed by atoms with Crippen molar-refractivity contribution in [2.75, 3.05) is 13.4 Å². The molecule has 0 aliphatic rings. The van der Waals surface area contributed by atoms with Gasteiger partial charge in [0.25, 0.3) is 0 Å². The highest BCUT2D eigenvalue weighted by atomic mass is 35.5. The second-order valence-corrected chi connectivity index (χ2v) is 16.1. The van der Waals surface area contributed by atoms with Gasteiger partial charge in [-0.05, 0) is 45.4 Å². The van der Waals surface area contributed by atoms with E-state index in [4.69, 9.17) is 37.4 Å². The van der Waals surface area contributed by atoms with Crippen molar-refractivity contribution in [3.8, 4) is 5.75 Å². The number of nitrogens with one attached hydrogen (secondary N) is 1. The summed E-state index contributed by atoms with van der Waals surface area (Å²) in [5.74, 6) is -1.58. The summed E-state index contributed by atoms with van der Waals surface area (Å²) >= 11 is 12.3. The van der Waals surface area contributed by atoms with Crippen molar-refractivity contribution in [3.63, 3.8) is 0 Å². The average Bonchev–Trinajstić information content (AvgIpc) is 2.64. The summed E-state index contributed by atoms with van der Waals surface area (Å²) in [5.41, 5.74) is -0.750. The SMILES string of the molecule is CC(C)(C)OC(=O)N[C@H](CCC(=O)c1c(OCOCC[Si](C)(C)C)ccc(Cl)c1Cl)C(=O)O. The molecule has 186 valence electrons. The third-order valence-corrected chi connectivity index (χ3v) is 6.79. The van der Waals surface area contributed by atoms with E-state index >= 15 is 0 Å². The van der Waals surface area contributed by atoms with Gasteiger partial charge in [-0.2, -0.15) is 0 Å². The third-order valence-electron chi connectivity index (χ3n) is 4.28. The number of hydrogen-bond acceptors (Lipinski definition) is 6. The summed E-state index contributed by atoms with van der Waals surface area (Å²) in [4.78, 5) is 36.4. The lowest BCUT2D eigenvalue weighted by Crippen LogP contribution is -2.43. The Bertz CT molecular complexity index is 850. The van der Waals surface area contributed by atoms with Gasteiger partial charge >= 0.3 is 12.1 Å². The largest absolute Gasteiger partial charge is 0.480 e. The number of carboxylic acids is 1. The van der Waals surface area contributed by atoms with E-state index in [1.807, 2.05) is 0 Å². The molecule has 8 nitrogen and oxygen atoms in total. The lowest BCUT2D eigenvalue weighted by molar-refractivity contribution is -0.139. The molecule has 1 atom stereocenters. The molecule has 0 fully saturated rings. The first kappa shape index (κ1) is 29.2. The number of ketones is 1. The number of rotatable bonds is 12. The second kappa shape index (κ2) is 12.6. The topological polar surface area (TPSA) is 111 Å². The van der Waals surface area contributed by atoms with Gasteiger partial charge in [0.15, 0.2) is 12.6 Å². The van der Waals surface area contributed by atoms with E-state index in [9.17, 15) is 19.5 Å². The maximum absolute atomic E-state index is 12.9. The summed E-state index contributed by atoms with van der Waals surface area (Å²) < 4.78 is 16.2. The first-order chi connectivity index (χ1) is 15.1. The van der Waals surface area contributed by atoms with Crippen LogP contribution in [0, 0.1) is 0 Å². The van der Waals surface area contributed by atoms with E-state index in [1.165, 1.54) is 12.1 Å². The van der Waals surface area contributed by atoms with E-state index in [2.05, 4.69) is 25.0 Å². The third kappa shape index (κ3) is 11.2. The highest BCUT2D eigenvalue weighted by Crippen LogP contribution is 2.34. The zero-order chi connectivity index (χ0) is 25.4. The Kier molecular flexibility index (Phi) is 11.2. The van der Waals surface area contributed by atoms with Crippen molar-refractivity contribution in [2.45, 2.75) is 70.9 Å². The van der Waals surface area contributed by atoms with Crippen LogP contribution in [0.15, 0.2) is 12.1 Å². The number of Topliss-reactive ketones (excluding diaryl/α,β-unsaturated/α-hetero) is 1. The molecule has 0 bridgehead atoms. The molecule has 1 aromatic carbocycles. The second-order valence-electron chi connectivity index (χ2n) is 9.71. The number of ether oxygens (including phenoxy) is 3. The maximum Gasteiger partial charge on any atom is 0.408 e. The van der Waals surface area contributed by atoms with Crippen molar-refractivity contribution >= 4 is 49.1 Å². The minimum absolute atomic E-state index is 0.00763. The normalized spacial score (nSPS) is 12.7. The van der Waals surface area contributed by atoms with Gasteiger partial charge in [0.1, 0.15) is 17.4 Å². The number of carboxylic acid groups (broad SMARTS) is 1. The minimum atomic E-state index is -1.32. The molecule has 1 amide bonds. The molecule has 1 aromatic rings. The first-order valence-electron chi connectivity index (χ1n) is 10.5. The van der Waals surface area contributed by atoms with E-state index in [1.54, 1.807) is 20.8 Å². The van der Waals surface area contributed by atoms with Gasteiger partial charge in [-0.25, -0.2) is 9.59 Å². The number of amides is 1. The summed E-state index contributed by atoms with van der Waals surface area (Å²) in [6, 6.07) is 2.65. The van der Waals surface area contributed by atoms with E-state index in [0.717, 1.165) is 6.04 Å². The fourth-order valence-corrected chi connectivity index (χ4v) is 3.74. The lowest BCUT2D eigenvalue weighted by atomic mass is 10.0. The quantitative estimate of drug-likeness (QED) is 0.159. The molecule has 2 N–H and O–H groups in total. The number of hydrogen-bond donors (Lipinski definition) is 2. The molecule has 33 heavy (non-hydrogen) atoms. The summed E-state index contributed by atoms with van der Waals surface area (Å²) in [6.07, 6.45) is -1.29. The smallest absolute Gasteiger partial charge is 0.408 e. The Morgan fingerprint density at radius 2 is 1.79 bits per heavy atom. The van der Waals surface area contributed by atoms with E-state index in [0.29, 0.717) is 6.61 Å². The fourth-order valence-electron chi connectivity index (χ4n) is 2.56. The molecular formula is C22H33Cl2NO7Si. The van der Waals surface area contributed by atoms with Crippen molar-refractivity contribution in [1.82, 2.24) is 5.32 Å². The predicted octanol–water partition coefficient (Wildman–Crippen LogP) is 5.63. The molecule has 0 saturated heterocycles. The van der Waals surface area contributed by atoms with Crippen molar-refractivity contribution in [2.24, 2.45) is 0 Å². The first-order valence-corrected chi connectivity index (χ1v) is 15.0. The Balaban J connectivity index is 2.83. The zero-order valence-electron chi connectivity index (χ0n) is 19.9. The number of benzene rings is 1. The summed E-state index contributed by atoms with van der Waals surface area (Å²) in [6.45, 7) is 12.1. The van der Waals surface area contributed by atoms with Gasteiger partial charge in [0.05, 0.1) is 15.6 Å². The monoisotopic (exact) mass is 521 g/mol. The van der Waals surface area contributed by atoms with Crippen LogP contribution in [-0.4, -0.2) is 56.1 Å². The average molecular weight is 522 g/mol. The molecular weight excluding hydrogens is 489 g/mol. The van der Waals surface area contributed by atoms with Crippen LogP contribution in [0.1, 0.15) is 44.0 Å². The molecule has 0 radical (unpaired) electrons. The fraction of sp³-hybridized carbons (Fsp3) is 0.591. The van der Waals surface area contributed by atoms with Gasteiger partial charge in [0, 0.05) is 21.1 Å². The molecule has 0 aromatic heterocycles. The number of carbonyl (C=O) groups excluding carboxylic acids is 2. The van der Waals surface area contributed by atoms with Crippen LogP contribution in [-0.2, 0) is 14.3 Å². The molecule has 11 heteroatoms. The van der Waals surface area contributed by atoms with Gasteiger partial charge < -0.3 is 24.6 Å². The maximum atomic E-state index is 12.9. The van der Waals surface area contributed by atoms with Crippen molar-refractivity contribution < 1.29 is 33.7 Å². The van der Waals surface area contributed by atoms with Crippen LogP contribution in [0.5, 0.6) is 5.75 Å². The standard InChI is InChI=1S/C22H33Cl2NO7Si/c1-22(2,3)32-21(29)25-15(20(27)28)8-9-16(26)18-17(10-7-14(23)19(18)24)31-13-30-11-12-33(4,5)6/h7,10,15H,8-9,11-13H2,1-6H3,(H,25,29)(H,27,28)/t15-/m1/s1. The molecule has 0 saturated carbocycles. The Hall–Kier alpha value is -1.81. The number of halogens is 2. The molecule has 0 aliphatic heterocycles. The van der Waals surface area contributed by atoms with E-state index < -0.39 is 37.6 Å².